The highest BCUT2D eigenvalue weighted by atomic mass is 32.2. The largest absolute Gasteiger partial charge is 0.365 e. The lowest BCUT2D eigenvalue weighted by atomic mass is 10.1. The monoisotopic (exact) mass is 458 g/mol. The molecule has 0 saturated carbocycles. The predicted molar refractivity (Wildman–Crippen MR) is 133 cm³/mol. The van der Waals surface area contributed by atoms with Crippen LogP contribution in [0.3, 0.4) is 0 Å². The number of rotatable bonds is 4. The first-order valence-electron chi connectivity index (χ1n) is 11.3. The summed E-state index contributed by atoms with van der Waals surface area (Å²) < 4.78 is 0. The van der Waals surface area contributed by atoms with E-state index in [1.165, 1.54) is 17.7 Å². The summed E-state index contributed by atoms with van der Waals surface area (Å²) in [7, 11) is 2.23. The minimum Gasteiger partial charge on any atom is -0.365 e. The number of carbonyl (C=O) groups is 1. The molecule has 2 bridgehead atoms. The maximum absolute atomic E-state index is 11.6. The summed E-state index contributed by atoms with van der Waals surface area (Å²) in [5, 5.41) is 6.28. The molecule has 0 radical (unpaired) electrons. The zero-order chi connectivity index (χ0) is 22.5. The van der Waals surface area contributed by atoms with Gasteiger partial charge in [-0.3, -0.25) is 9.69 Å². The topological polar surface area (TPSA) is 73.4 Å². The molecule has 2 aromatic carbocycles. The van der Waals surface area contributed by atoms with Gasteiger partial charge in [0.1, 0.15) is 0 Å². The number of carbonyl (C=O) groups excluding carboxylic acids is 1. The van der Waals surface area contributed by atoms with Crippen molar-refractivity contribution in [3.05, 3.63) is 54.2 Å². The molecule has 2 N–H and O–H groups in total. The molecule has 3 aromatic rings. The van der Waals surface area contributed by atoms with Crippen LogP contribution < -0.4 is 15.5 Å². The standard InChI is InChI=1S/C25H26N6OS/c1-15-9-17(4-6-22(15)31-13-18-11-19(31)12-30(18)2)27-25-26-8-7-20(29-25)16-3-5-21-23(10-16)33-14-24(32)28-21/h3-10,18-19H,11-14H2,1-2H3,(H,28,32)(H,26,27,29)/t18-,19-/m0/s1. The molecule has 33 heavy (non-hydrogen) atoms. The Morgan fingerprint density at radius 2 is 2.03 bits per heavy atom. The lowest BCUT2D eigenvalue weighted by Crippen LogP contribution is -2.44. The van der Waals surface area contributed by atoms with Crippen molar-refractivity contribution in [2.75, 3.05) is 41.4 Å². The first-order chi connectivity index (χ1) is 16.0. The number of fused-ring (bicyclic) bond motifs is 3. The van der Waals surface area contributed by atoms with Gasteiger partial charge in [0.2, 0.25) is 11.9 Å². The number of hydrogen-bond donors (Lipinski definition) is 2. The van der Waals surface area contributed by atoms with Crippen LogP contribution in [0.5, 0.6) is 0 Å². The van der Waals surface area contributed by atoms with Gasteiger partial charge < -0.3 is 15.5 Å². The van der Waals surface area contributed by atoms with Crippen LogP contribution in [0.2, 0.25) is 0 Å². The Morgan fingerprint density at radius 3 is 2.82 bits per heavy atom. The second kappa shape index (κ2) is 8.04. The normalized spacial score (nSPS) is 21.8. The Hall–Kier alpha value is -3.10. The zero-order valence-electron chi connectivity index (χ0n) is 18.7. The quantitative estimate of drug-likeness (QED) is 0.609. The van der Waals surface area contributed by atoms with Crippen molar-refractivity contribution in [2.24, 2.45) is 0 Å². The highest BCUT2D eigenvalue weighted by Crippen LogP contribution is 2.37. The lowest BCUT2D eigenvalue weighted by molar-refractivity contribution is -0.113. The van der Waals surface area contributed by atoms with Gasteiger partial charge in [-0.15, -0.1) is 11.8 Å². The van der Waals surface area contributed by atoms with E-state index < -0.39 is 0 Å². The number of hydrogen-bond acceptors (Lipinski definition) is 7. The van der Waals surface area contributed by atoms with Crippen molar-refractivity contribution < 1.29 is 4.79 Å². The van der Waals surface area contributed by atoms with Crippen LogP contribution >= 0.6 is 11.8 Å². The van der Waals surface area contributed by atoms with E-state index in [-0.39, 0.29) is 5.91 Å². The molecule has 1 aromatic heterocycles. The summed E-state index contributed by atoms with van der Waals surface area (Å²) in [6, 6.07) is 15.7. The molecule has 1 amide bonds. The SMILES string of the molecule is Cc1cc(Nc2nccc(-c3ccc4c(c3)SCC(=O)N4)n2)ccc1N1C[C@@H]2C[C@H]1CN2C. The molecular formula is C25H26N6OS. The summed E-state index contributed by atoms with van der Waals surface area (Å²) in [6.07, 6.45) is 3.04. The van der Waals surface area contributed by atoms with E-state index in [4.69, 9.17) is 4.98 Å². The fraction of sp³-hybridized carbons (Fsp3) is 0.320. The second-order valence-electron chi connectivity index (χ2n) is 9.07. The van der Waals surface area contributed by atoms with Crippen molar-refractivity contribution in [3.8, 4) is 11.3 Å². The zero-order valence-corrected chi connectivity index (χ0v) is 19.5. The van der Waals surface area contributed by atoms with Crippen molar-refractivity contribution in [1.29, 1.82) is 0 Å². The minimum atomic E-state index is 0.0413. The van der Waals surface area contributed by atoms with E-state index in [2.05, 4.69) is 63.7 Å². The van der Waals surface area contributed by atoms with E-state index in [1.54, 1.807) is 18.0 Å². The van der Waals surface area contributed by atoms with E-state index in [0.717, 1.165) is 40.6 Å². The van der Waals surface area contributed by atoms with Crippen LogP contribution in [-0.2, 0) is 4.79 Å². The molecule has 3 aliphatic heterocycles. The predicted octanol–water partition coefficient (Wildman–Crippen LogP) is 4.13. The van der Waals surface area contributed by atoms with Crippen LogP contribution in [0.15, 0.2) is 53.6 Å². The molecular weight excluding hydrogens is 432 g/mol. The third kappa shape index (κ3) is 3.83. The summed E-state index contributed by atoms with van der Waals surface area (Å²) in [6.45, 7) is 4.44. The van der Waals surface area contributed by atoms with Crippen molar-refractivity contribution in [3.63, 3.8) is 0 Å². The van der Waals surface area contributed by atoms with Crippen molar-refractivity contribution >= 4 is 40.7 Å². The second-order valence-corrected chi connectivity index (χ2v) is 10.1. The van der Waals surface area contributed by atoms with Crippen LogP contribution in [0.4, 0.5) is 23.0 Å². The number of likely N-dealkylation sites (N-methyl/N-ethyl adjacent to an activating group) is 1. The molecule has 3 aliphatic rings. The Balaban J connectivity index is 1.21. The van der Waals surface area contributed by atoms with Gasteiger partial charge in [-0.2, -0.15) is 0 Å². The van der Waals surface area contributed by atoms with Crippen molar-refractivity contribution in [1.82, 2.24) is 14.9 Å². The molecule has 6 rings (SSSR count). The number of anilines is 4. The summed E-state index contributed by atoms with van der Waals surface area (Å²) in [5.74, 6) is 1.05. The molecule has 7 nitrogen and oxygen atoms in total. The number of benzene rings is 2. The van der Waals surface area contributed by atoms with E-state index in [0.29, 0.717) is 23.8 Å². The Labute approximate surface area is 197 Å². The summed E-state index contributed by atoms with van der Waals surface area (Å²) in [4.78, 5) is 26.9. The molecule has 2 atom stereocenters. The first-order valence-corrected chi connectivity index (χ1v) is 12.3. The molecule has 2 fully saturated rings. The molecule has 8 heteroatoms. The number of amides is 1. The van der Waals surface area contributed by atoms with Gasteiger partial charge in [-0.05, 0) is 62.4 Å². The Morgan fingerprint density at radius 1 is 1.12 bits per heavy atom. The smallest absolute Gasteiger partial charge is 0.234 e. The third-order valence-electron chi connectivity index (χ3n) is 6.84. The van der Waals surface area contributed by atoms with Gasteiger partial charge in [0.05, 0.1) is 17.1 Å². The number of likely N-dealkylation sites (tertiary alicyclic amines) is 1. The number of nitrogens with zero attached hydrogens (tertiary/aromatic N) is 4. The number of piperazine rings is 1. The number of aryl methyl sites for hydroxylation is 1. The fourth-order valence-electron chi connectivity index (χ4n) is 5.16. The van der Waals surface area contributed by atoms with Crippen LogP contribution in [0.25, 0.3) is 11.3 Å². The summed E-state index contributed by atoms with van der Waals surface area (Å²) in [5.41, 5.74) is 6.29. The Kier molecular flexibility index (Phi) is 4.99. The molecule has 4 heterocycles. The highest BCUT2D eigenvalue weighted by molar-refractivity contribution is 8.00. The van der Waals surface area contributed by atoms with E-state index >= 15 is 0 Å². The molecule has 0 unspecified atom stereocenters. The molecule has 0 aliphatic carbocycles. The van der Waals surface area contributed by atoms with E-state index in [1.807, 2.05) is 18.2 Å². The third-order valence-corrected chi connectivity index (χ3v) is 7.90. The number of aromatic nitrogens is 2. The Bertz CT molecular complexity index is 1250. The van der Waals surface area contributed by atoms with E-state index in [9.17, 15) is 4.79 Å². The van der Waals surface area contributed by atoms with Gasteiger partial charge in [-0.25, -0.2) is 9.97 Å². The van der Waals surface area contributed by atoms with Crippen LogP contribution in [0, 0.1) is 6.92 Å². The molecule has 168 valence electrons. The first kappa shape index (κ1) is 20.5. The van der Waals surface area contributed by atoms with Gasteiger partial charge >= 0.3 is 0 Å². The fourth-order valence-corrected chi connectivity index (χ4v) is 6.00. The van der Waals surface area contributed by atoms with Gasteiger partial charge in [0.15, 0.2) is 0 Å². The van der Waals surface area contributed by atoms with Crippen LogP contribution in [-0.4, -0.2) is 58.7 Å². The molecule has 0 spiro atoms. The van der Waals surface area contributed by atoms with Gasteiger partial charge in [0, 0.05) is 53.2 Å². The average Bonchev–Trinajstić information content (AvgIpc) is 3.38. The van der Waals surface area contributed by atoms with Crippen LogP contribution in [0.1, 0.15) is 12.0 Å². The minimum absolute atomic E-state index is 0.0413. The number of thioether (sulfide) groups is 1. The number of nitrogens with one attached hydrogen (secondary N) is 2. The highest BCUT2D eigenvalue weighted by Gasteiger charge is 2.41. The molecule has 2 saturated heterocycles. The van der Waals surface area contributed by atoms with Gasteiger partial charge in [0.25, 0.3) is 0 Å². The lowest BCUT2D eigenvalue weighted by Gasteiger charge is -2.34. The summed E-state index contributed by atoms with van der Waals surface area (Å²) >= 11 is 1.55. The van der Waals surface area contributed by atoms with Crippen molar-refractivity contribution in [2.45, 2.75) is 30.3 Å². The average molecular weight is 459 g/mol. The maximum Gasteiger partial charge on any atom is 0.234 e. The van der Waals surface area contributed by atoms with Gasteiger partial charge in [-0.1, -0.05) is 6.07 Å². The maximum atomic E-state index is 11.6.